The maximum absolute atomic E-state index is 12.4. The average molecular weight is 369 g/mol. The third kappa shape index (κ3) is 5.99. The number of halogens is 1. The van der Waals surface area contributed by atoms with Gasteiger partial charge >= 0.3 is 0 Å². The number of carbonyl (C=O) groups excluding carboxylic acids is 2. The summed E-state index contributed by atoms with van der Waals surface area (Å²) in [6, 6.07) is 4.75. The summed E-state index contributed by atoms with van der Waals surface area (Å²) in [4.78, 5) is 24.7. The molecule has 0 bridgehead atoms. The summed E-state index contributed by atoms with van der Waals surface area (Å²) in [6.45, 7) is 6.53. The standard InChI is InChI=1S/C18H25ClN2O4/c1-11(2)20-18(23)15-7-6-13(19)9-16(15)21-17(22)12(3)25-10-14-5-4-8-24-14/h6-7,9,11-12,14H,4-5,8,10H2,1-3H3,(H,20,23)(H,21,22). The molecular weight excluding hydrogens is 344 g/mol. The summed E-state index contributed by atoms with van der Waals surface area (Å²) < 4.78 is 11.1. The van der Waals surface area contributed by atoms with Gasteiger partial charge in [0.05, 0.1) is 24.0 Å². The molecule has 1 aromatic rings. The molecule has 1 heterocycles. The van der Waals surface area contributed by atoms with Crippen LogP contribution in [0.4, 0.5) is 5.69 Å². The fourth-order valence-corrected chi connectivity index (χ4v) is 2.67. The van der Waals surface area contributed by atoms with Gasteiger partial charge in [0, 0.05) is 17.7 Å². The van der Waals surface area contributed by atoms with Crippen LogP contribution in [0.5, 0.6) is 0 Å². The number of amides is 2. The van der Waals surface area contributed by atoms with Crippen LogP contribution in [-0.2, 0) is 14.3 Å². The Bertz CT molecular complexity index is 615. The van der Waals surface area contributed by atoms with E-state index in [9.17, 15) is 9.59 Å². The second-order valence-corrected chi connectivity index (χ2v) is 6.85. The number of hydrogen-bond acceptors (Lipinski definition) is 4. The van der Waals surface area contributed by atoms with Crippen LogP contribution in [0, 0.1) is 0 Å². The molecule has 2 amide bonds. The minimum atomic E-state index is -0.663. The smallest absolute Gasteiger partial charge is 0.253 e. The van der Waals surface area contributed by atoms with Crippen molar-refractivity contribution in [3.63, 3.8) is 0 Å². The molecule has 0 radical (unpaired) electrons. The first-order valence-electron chi connectivity index (χ1n) is 8.51. The minimum absolute atomic E-state index is 0.0135. The molecule has 1 saturated heterocycles. The van der Waals surface area contributed by atoms with E-state index in [1.54, 1.807) is 25.1 Å². The fraction of sp³-hybridized carbons (Fsp3) is 0.556. The van der Waals surface area contributed by atoms with Crippen molar-refractivity contribution in [2.75, 3.05) is 18.5 Å². The van der Waals surface area contributed by atoms with Crippen LogP contribution in [0.2, 0.25) is 5.02 Å². The number of rotatable bonds is 7. The lowest BCUT2D eigenvalue weighted by Crippen LogP contribution is -2.33. The third-order valence-corrected chi connectivity index (χ3v) is 4.06. The fourth-order valence-electron chi connectivity index (χ4n) is 2.50. The van der Waals surface area contributed by atoms with E-state index in [1.165, 1.54) is 0 Å². The number of benzene rings is 1. The molecular formula is C18H25ClN2O4. The van der Waals surface area contributed by atoms with E-state index in [2.05, 4.69) is 10.6 Å². The number of nitrogens with one attached hydrogen (secondary N) is 2. The first kappa shape index (κ1) is 19.7. The number of hydrogen-bond donors (Lipinski definition) is 2. The van der Waals surface area contributed by atoms with Gasteiger partial charge in [-0.2, -0.15) is 0 Å². The molecule has 138 valence electrons. The molecule has 2 N–H and O–H groups in total. The largest absolute Gasteiger partial charge is 0.376 e. The summed E-state index contributed by atoms with van der Waals surface area (Å²) in [7, 11) is 0. The maximum Gasteiger partial charge on any atom is 0.253 e. The van der Waals surface area contributed by atoms with Crippen molar-refractivity contribution in [2.45, 2.75) is 51.9 Å². The van der Waals surface area contributed by atoms with E-state index in [-0.39, 0.29) is 24.0 Å². The summed E-state index contributed by atoms with van der Waals surface area (Å²) in [6.07, 6.45) is 1.35. The van der Waals surface area contributed by atoms with E-state index in [0.29, 0.717) is 22.9 Å². The van der Waals surface area contributed by atoms with Gasteiger partial charge < -0.3 is 20.1 Å². The minimum Gasteiger partial charge on any atom is -0.376 e. The van der Waals surface area contributed by atoms with Crippen LogP contribution in [0.15, 0.2) is 18.2 Å². The maximum atomic E-state index is 12.4. The summed E-state index contributed by atoms with van der Waals surface area (Å²) in [5, 5.41) is 5.97. The van der Waals surface area contributed by atoms with E-state index in [0.717, 1.165) is 19.4 Å². The summed E-state index contributed by atoms with van der Waals surface area (Å²) >= 11 is 6.01. The Labute approximate surface area is 153 Å². The molecule has 2 unspecified atom stereocenters. The molecule has 0 aromatic heterocycles. The number of carbonyl (C=O) groups is 2. The first-order valence-corrected chi connectivity index (χ1v) is 8.89. The van der Waals surface area contributed by atoms with Gasteiger partial charge in [-0.05, 0) is 51.8 Å². The van der Waals surface area contributed by atoms with Gasteiger partial charge in [-0.1, -0.05) is 11.6 Å². The van der Waals surface area contributed by atoms with Crippen molar-refractivity contribution in [3.8, 4) is 0 Å². The molecule has 2 atom stereocenters. The molecule has 0 saturated carbocycles. The van der Waals surface area contributed by atoms with Gasteiger partial charge in [0.25, 0.3) is 11.8 Å². The zero-order valence-corrected chi connectivity index (χ0v) is 15.6. The van der Waals surface area contributed by atoms with Crippen molar-refractivity contribution in [2.24, 2.45) is 0 Å². The van der Waals surface area contributed by atoms with Crippen molar-refractivity contribution in [1.82, 2.24) is 5.32 Å². The number of anilines is 1. The Morgan fingerprint density at radius 3 is 2.76 bits per heavy atom. The Kier molecular flexibility index (Phi) is 7.23. The average Bonchev–Trinajstić information content (AvgIpc) is 3.05. The zero-order valence-electron chi connectivity index (χ0n) is 14.8. The molecule has 25 heavy (non-hydrogen) atoms. The van der Waals surface area contributed by atoms with E-state index in [1.807, 2.05) is 13.8 Å². The van der Waals surface area contributed by atoms with Crippen LogP contribution in [0.1, 0.15) is 44.0 Å². The van der Waals surface area contributed by atoms with Crippen LogP contribution in [0.3, 0.4) is 0 Å². The Morgan fingerprint density at radius 1 is 1.36 bits per heavy atom. The Balaban J connectivity index is 2.00. The second-order valence-electron chi connectivity index (χ2n) is 6.42. The molecule has 7 heteroatoms. The predicted octanol–water partition coefficient (Wildman–Crippen LogP) is 3.00. The van der Waals surface area contributed by atoms with Gasteiger partial charge in [-0.3, -0.25) is 9.59 Å². The van der Waals surface area contributed by atoms with Crippen LogP contribution in [0.25, 0.3) is 0 Å². The monoisotopic (exact) mass is 368 g/mol. The van der Waals surface area contributed by atoms with E-state index >= 15 is 0 Å². The highest BCUT2D eigenvalue weighted by Crippen LogP contribution is 2.22. The van der Waals surface area contributed by atoms with Gasteiger partial charge in [-0.25, -0.2) is 0 Å². The van der Waals surface area contributed by atoms with Crippen molar-refractivity contribution < 1.29 is 19.1 Å². The van der Waals surface area contributed by atoms with Crippen LogP contribution in [-0.4, -0.2) is 43.3 Å². The van der Waals surface area contributed by atoms with E-state index in [4.69, 9.17) is 21.1 Å². The molecule has 0 aliphatic carbocycles. The lowest BCUT2D eigenvalue weighted by Gasteiger charge is -2.18. The second kappa shape index (κ2) is 9.17. The SMILES string of the molecule is CC(C)NC(=O)c1ccc(Cl)cc1NC(=O)C(C)OCC1CCCO1. The lowest BCUT2D eigenvalue weighted by molar-refractivity contribution is -0.128. The highest BCUT2D eigenvalue weighted by atomic mass is 35.5. The molecule has 1 aliphatic heterocycles. The summed E-state index contributed by atoms with van der Waals surface area (Å²) in [5.74, 6) is -0.603. The number of ether oxygens (including phenoxy) is 2. The third-order valence-electron chi connectivity index (χ3n) is 3.83. The van der Waals surface area contributed by atoms with Crippen molar-refractivity contribution in [3.05, 3.63) is 28.8 Å². The molecule has 1 aliphatic rings. The van der Waals surface area contributed by atoms with Crippen molar-refractivity contribution in [1.29, 1.82) is 0 Å². The van der Waals surface area contributed by atoms with Gasteiger partial charge in [0.1, 0.15) is 6.10 Å². The van der Waals surface area contributed by atoms with Crippen LogP contribution >= 0.6 is 11.6 Å². The molecule has 0 spiro atoms. The Morgan fingerprint density at radius 2 is 2.12 bits per heavy atom. The summed E-state index contributed by atoms with van der Waals surface area (Å²) in [5.41, 5.74) is 0.723. The topological polar surface area (TPSA) is 76.7 Å². The molecule has 1 aromatic carbocycles. The molecule has 2 rings (SSSR count). The first-order chi connectivity index (χ1) is 11.9. The van der Waals surface area contributed by atoms with Gasteiger partial charge in [-0.15, -0.1) is 0 Å². The highest BCUT2D eigenvalue weighted by Gasteiger charge is 2.21. The lowest BCUT2D eigenvalue weighted by atomic mass is 10.1. The highest BCUT2D eigenvalue weighted by molar-refractivity contribution is 6.31. The molecule has 6 nitrogen and oxygen atoms in total. The Hall–Kier alpha value is -1.63. The quantitative estimate of drug-likeness (QED) is 0.775. The van der Waals surface area contributed by atoms with Gasteiger partial charge in [0.2, 0.25) is 0 Å². The van der Waals surface area contributed by atoms with Crippen molar-refractivity contribution >= 4 is 29.1 Å². The normalized spacial score (nSPS) is 18.2. The van der Waals surface area contributed by atoms with Gasteiger partial charge in [0.15, 0.2) is 0 Å². The predicted molar refractivity (Wildman–Crippen MR) is 97.1 cm³/mol. The van der Waals surface area contributed by atoms with E-state index < -0.39 is 6.10 Å². The zero-order chi connectivity index (χ0) is 18.4. The van der Waals surface area contributed by atoms with Crippen LogP contribution < -0.4 is 10.6 Å². The molecule has 1 fully saturated rings.